The molecule has 0 spiro atoms. The van der Waals surface area contributed by atoms with Crippen molar-refractivity contribution in [2.75, 3.05) is 19.0 Å². The van der Waals surface area contributed by atoms with Crippen LogP contribution in [0.1, 0.15) is 46.6 Å². The Bertz CT molecular complexity index is 1230. The number of nitro groups is 1. The minimum absolute atomic E-state index is 0.111. The number of nitro benzene ring substituents is 1. The largest absolute Gasteiger partial charge is 0.495 e. The minimum Gasteiger partial charge on any atom is -0.495 e. The molecule has 0 bridgehead atoms. The van der Waals surface area contributed by atoms with Gasteiger partial charge < -0.3 is 15.0 Å². The maximum Gasteiger partial charge on any atom is 0.271 e. The first-order valence-corrected chi connectivity index (χ1v) is 11.8. The second kappa shape index (κ2) is 9.64. The number of amides is 2. The monoisotopic (exact) mass is 479 g/mol. The van der Waals surface area contributed by atoms with Crippen LogP contribution in [0.3, 0.4) is 0 Å². The fraction of sp³-hybridized carbons (Fsp3) is 0.280. The van der Waals surface area contributed by atoms with E-state index in [4.69, 9.17) is 4.74 Å². The summed E-state index contributed by atoms with van der Waals surface area (Å²) in [6, 6.07) is 14.5. The number of rotatable bonds is 7. The van der Waals surface area contributed by atoms with Crippen LogP contribution in [-0.4, -0.2) is 35.3 Å². The standard InChI is InChI=1S/C25H25N3O5S/c1-15(2)14-27-23(21-9-6-12-34-21)22(17-7-4-5-8-18(17)25(27)30)24(29)26-19-13-16(28(31)32)10-11-20(19)33-3/h4-13,15,22-23H,14H2,1-3H3,(H,26,29)/t22-,23+/m1/s1. The number of fused-ring (bicyclic) bond motifs is 1. The number of anilines is 1. The Morgan fingerprint density at radius 3 is 2.62 bits per heavy atom. The van der Waals surface area contributed by atoms with Gasteiger partial charge in [0.05, 0.1) is 29.7 Å². The molecule has 1 aliphatic rings. The third kappa shape index (κ3) is 4.38. The van der Waals surface area contributed by atoms with Gasteiger partial charge in [0.15, 0.2) is 0 Å². The second-order valence-corrected chi connectivity index (χ2v) is 9.49. The molecule has 0 aliphatic carbocycles. The van der Waals surface area contributed by atoms with Gasteiger partial charge in [-0.3, -0.25) is 19.7 Å². The van der Waals surface area contributed by atoms with Crippen molar-refractivity contribution in [3.05, 3.63) is 86.1 Å². The molecule has 4 rings (SSSR count). The lowest BCUT2D eigenvalue weighted by Gasteiger charge is -2.42. The molecule has 1 aromatic heterocycles. The SMILES string of the molecule is COc1ccc([N+](=O)[O-])cc1NC(=O)[C@@H]1c2ccccc2C(=O)N(CC(C)C)[C@H]1c1cccs1. The summed E-state index contributed by atoms with van der Waals surface area (Å²) < 4.78 is 5.33. The van der Waals surface area contributed by atoms with E-state index in [-0.39, 0.29) is 29.1 Å². The van der Waals surface area contributed by atoms with Gasteiger partial charge in [-0.05, 0) is 35.1 Å². The van der Waals surface area contributed by atoms with Gasteiger partial charge in [0.25, 0.3) is 11.6 Å². The lowest BCUT2D eigenvalue weighted by atomic mass is 9.81. The summed E-state index contributed by atoms with van der Waals surface area (Å²) in [5.41, 5.74) is 1.16. The molecule has 8 nitrogen and oxygen atoms in total. The van der Waals surface area contributed by atoms with Crippen molar-refractivity contribution in [3.63, 3.8) is 0 Å². The quantitative estimate of drug-likeness (QED) is 0.369. The Kier molecular flexibility index (Phi) is 6.65. The van der Waals surface area contributed by atoms with E-state index in [0.29, 0.717) is 23.4 Å². The Balaban J connectivity index is 1.83. The van der Waals surface area contributed by atoms with E-state index in [0.717, 1.165) is 4.88 Å². The number of hydrogen-bond donors (Lipinski definition) is 1. The van der Waals surface area contributed by atoms with Crippen molar-refractivity contribution >= 4 is 34.5 Å². The first kappa shape index (κ1) is 23.4. The average molecular weight is 480 g/mol. The van der Waals surface area contributed by atoms with Crippen LogP contribution in [0.15, 0.2) is 60.0 Å². The van der Waals surface area contributed by atoms with Crippen LogP contribution in [0, 0.1) is 16.0 Å². The Morgan fingerprint density at radius 1 is 1.21 bits per heavy atom. The number of benzene rings is 2. The molecular formula is C25H25N3O5S. The van der Waals surface area contributed by atoms with Crippen molar-refractivity contribution in [2.45, 2.75) is 25.8 Å². The number of carbonyl (C=O) groups excluding carboxylic acids is 2. The van der Waals surface area contributed by atoms with Gasteiger partial charge in [-0.1, -0.05) is 38.1 Å². The molecule has 9 heteroatoms. The van der Waals surface area contributed by atoms with Gasteiger partial charge in [0, 0.05) is 29.1 Å². The molecule has 0 saturated heterocycles. The smallest absolute Gasteiger partial charge is 0.271 e. The van der Waals surface area contributed by atoms with E-state index in [9.17, 15) is 19.7 Å². The molecule has 0 saturated carbocycles. The lowest BCUT2D eigenvalue weighted by molar-refractivity contribution is -0.384. The van der Waals surface area contributed by atoms with E-state index in [1.54, 1.807) is 23.1 Å². The molecule has 1 aliphatic heterocycles. The number of nitrogens with one attached hydrogen (secondary N) is 1. The predicted octanol–water partition coefficient (Wildman–Crippen LogP) is 5.24. The summed E-state index contributed by atoms with van der Waals surface area (Å²) in [6.07, 6.45) is 0. The Morgan fingerprint density at radius 2 is 1.97 bits per heavy atom. The van der Waals surface area contributed by atoms with Crippen LogP contribution in [0.2, 0.25) is 0 Å². The van der Waals surface area contributed by atoms with Crippen molar-refractivity contribution in [1.82, 2.24) is 4.90 Å². The molecule has 34 heavy (non-hydrogen) atoms. The van der Waals surface area contributed by atoms with Crippen LogP contribution < -0.4 is 10.1 Å². The molecule has 0 fully saturated rings. The molecule has 1 N–H and O–H groups in total. The lowest BCUT2D eigenvalue weighted by Crippen LogP contribution is -2.47. The van der Waals surface area contributed by atoms with Crippen molar-refractivity contribution in [1.29, 1.82) is 0 Å². The molecule has 0 unspecified atom stereocenters. The molecule has 176 valence electrons. The maximum absolute atomic E-state index is 13.9. The molecule has 2 amide bonds. The van der Waals surface area contributed by atoms with Gasteiger partial charge >= 0.3 is 0 Å². The number of carbonyl (C=O) groups is 2. The highest BCUT2D eigenvalue weighted by Crippen LogP contribution is 2.45. The number of ether oxygens (including phenoxy) is 1. The van der Waals surface area contributed by atoms with Crippen molar-refractivity contribution < 1.29 is 19.2 Å². The predicted molar refractivity (Wildman–Crippen MR) is 130 cm³/mol. The molecule has 3 aromatic rings. The van der Waals surface area contributed by atoms with Crippen LogP contribution in [0.4, 0.5) is 11.4 Å². The first-order chi connectivity index (χ1) is 16.3. The van der Waals surface area contributed by atoms with Crippen molar-refractivity contribution in [3.8, 4) is 5.75 Å². The van der Waals surface area contributed by atoms with Crippen LogP contribution in [0.25, 0.3) is 0 Å². The molecule has 0 radical (unpaired) electrons. The minimum atomic E-state index is -0.713. The van der Waals surface area contributed by atoms with Crippen LogP contribution in [0.5, 0.6) is 5.75 Å². The average Bonchev–Trinajstić information content (AvgIpc) is 3.34. The van der Waals surface area contributed by atoms with Gasteiger partial charge in [-0.15, -0.1) is 11.3 Å². The number of methoxy groups -OCH3 is 1. The third-order valence-corrected chi connectivity index (χ3v) is 6.71. The molecule has 2 atom stereocenters. The van der Waals surface area contributed by atoms with Gasteiger partial charge in [0.1, 0.15) is 5.75 Å². The zero-order valence-electron chi connectivity index (χ0n) is 19.1. The van der Waals surface area contributed by atoms with E-state index in [2.05, 4.69) is 5.32 Å². The highest BCUT2D eigenvalue weighted by atomic mass is 32.1. The number of nitrogens with zero attached hydrogens (tertiary/aromatic N) is 2. The van der Waals surface area contributed by atoms with Gasteiger partial charge in [-0.2, -0.15) is 0 Å². The Labute approximate surface area is 201 Å². The highest BCUT2D eigenvalue weighted by molar-refractivity contribution is 7.10. The van der Waals surface area contributed by atoms with Gasteiger partial charge in [0.2, 0.25) is 5.91 Å². The van der Waals surface area contributed by atoms with Gasteiger partial charge in [-0.25, -0.2) is 0 Å². The van der Waals surface area contributed by atoms with Crippen LogP contribution in [-0.2, 0) is 4.79 Å². The fourth-order valence-corrected chi connectivity index (χ4v) is 5.24. The first-order valence-electron chi connectivity index (χ1n) is 10.9. The Hall–Kier alpha value is -3.72. The van der Waals surface area contributed by atoms with E-state index in [1.165, 1.54) is 36.6 Å². The molecular weight excluding hydrogens is 454 g/mol. The van der Waals surface area contributed by atoms with E-state index < -0.39 is 16.9 Å². The summed E-state index contributed by atoms with van der Waals surface area (Å²) in [7, 11) is 1.43. The van der Waals surface area contributed by atoms with Crippen molar-refractivity contribution in [2.24, 2.45) is 5.92 Å². The topological polar surface area (TPSA) is 102 Å². The van der Waals surface area contributed by atoms with E-state index in [1.807, 2.05) is 37.4 Å². The molecule has 2 aromatic carbocycles. The number of thiophene rings is 1. The van der Waals surface area contributed by atoms with Crippen LogP contribution >= 0.6 is 11.3 Å². The zero-order chi connectivity index (χ0) is 24.4. The number of non-ortho nitro benzene ring substituents is 1. The molecule has 2 heterocycles. The second-order valence-electron chi connectivity index (χ2n) is 8.51. The van der Waals surface area contributed by atoms with E-state index >= 15 is 0 Å². The zero-order valence-corrected chi connectivity index (χ0v) is 19.9. The summed E-state index contributed by atoms with van der Waals surface area (Å²) in [6.45, 7) is 4.55. The maximum atomic E-state index is 13.9. The highest BCUT2D eigenvalue weighted by Gasteiger charge is 2.44. The summed E-state index contributed by atoms with van der Waals surface area (Å²) in [5, 5.41) is 16.1. The summed E-state index contributed by atoms with van der Waals surface area (Å²) >= 11 is 1.49. The summed E-state index contributed by atoms with van der Waals surface area (Å²) in [4.78, 5) is 40.8. The number of hydrogen-bond acceptors (Lipinski definition) is 6. The third-order valence-electron chi connectivity index (χ3n) is 5.77. The normalized spacial score (nSPS) is 17.4. The summed E-state index contributed by atoms with van der Waals surface area (Å²) in [5.74, 6) is -0.691. The fourth-order valence-electron chi connectivity index (χ4n) is 4.36.